The van der Waals surface area contributed by atoms with E-state index in [0.717, 1.165) is 17.5 Å². The highest BCUT2D eigenvalue weighted by atomic mass is 16.4. The van der Waals surface area contributed by atoms with Gasteiger partial charge in [-0.1, -0.05) is 36.4 Å². The third-order valence-corrected chi connectivity index (χ3v) is 3.65. The number of fused-ring (bicyclic) bond motifs is 2. The molecule has 0 saturated carbocycles. The molecule has 0 spiro atoms. The molecule has 2 aromatic heterocycles. The van der Waals surface area contributed by atoms with E-state index < -0.39 is 5.63 Å². The van der Waals surface area contributed by atoms with Gasteiger partial charge >= 0.3 is 11.6 Å². The summed E-state index contributed by atoms with van der Waals surface area (Å²) in [5.74, 6) is 0. The van der Waals surface area contributed by atoms with Gasteiger partial charge in [0.25, 0.3) is 0 Å². The van der Waals surface area contributed by atoms with Gasteiger partial charge in [0.15, 0.2) is 0 Å². The van der Waals surface area contributed by atoms with Crippen LogP contribution in [0.5, 0.6) is 0 Å². The molecule has 0 aliphatic rings. The van der Waals surface area contributed by atoms with Gasteiger partial charge in [0, 0.05) is 0 Å². The molecular formula is C16H12N4O2. The molecule has 0 radical (unpaired) electrons. The van der Waals surface area contributed by atoms with Crippen LogP contribution in [-0.4, -0.2) is 20.0 Å². The minimum Gasteiger partial charge on any atom is -0.387 e. The molecule has 22 heavy (non-hydrogen) atoms. The summed E-state index contributed by atoms with van der Waals surface area (Å²) in [5.41, 5.74) is 2.58. The molecule has 6 heteroatoms. The molecule has 0 amide bonds. The van der Waals surface area contributed by atoms with Gasteiger partial charge in [-0.15, -0.1) is 5.10 Å². The number of aromatic nitrogens is 4. The number of aryl methyl sites for hydroxylation is 1. The summed E-state index contributed by atoms with van der Waals surface area (Å²) in [6.07, 6.45) is 0.745. The molecular weight excluding hydrogens is 280 g/mol. The fourth-order valence-corrected chi connectivity index (χ4v) is 2.57. The SMILES string of the molecule is CCc1cccc2nc(-n3nnc4ccccc43)oc(=O)c12. The Hall–Kier alpha value is -3.02. The van der Waals surface area contributed by atoms with E-state index in [4.69, 9.17) is 4.42 Å². The molecule has 0 saturated heterocycles. The number of nitrogens with zero attached hydrogens (tertiary/aromatic N) is 4. The molecule has 4 aromatic rings. The number of benzene rings is 2. The molecule has 2 aromatic carbocycles. The average molecular weight is 292 g/mol. The third-order valence-electron chi connectivity index (χ3n) is 3.65. The first-order valence-electron chi connectivity index (χ1n) is 7.01. The van der Waals surface area contributed by atoms with Crippen LogP contribution in [0.1, 0.15) is 12.5 Å². The zero-order chi connectivity index (χ0) is 15.1. The Labute approximate surface area is 125 Å². The standard InChI is InChI=1S/C16H12N4O2/c1-2-10-6-5-8-12-14(10)15(21)22-16(17-12)20-13-9-4-3-7-11(13)18-19-20/h3-9H,2H2,1H3. The van der Waals surface area contributed by atoms with Crippen LogP contribution in [0, 0.1) is 0 Å². The summed E-state index contributed by atoms with van der Waals surface area (Å²) in [7, 11) is 0. The Morgan fingerprint density at radius 2 is 1.91 bits per heavy atom. The number of hydrogen-bond acceptors (Lipinski definition) is 5. The van der Waals surface area contributed by atoms with E-state index >= 15 is 0 Å². The maximum Gasteiger partial charge on any atom is 0.348 e. The number of rotatable bonds is 2. The fourth-order valence-electron chi connectivity index (χ4n) is 2.57. The first-order valence-corrected chi connectivity index (χ1v) is 7.01. The highest BCUT2D eigenvalue weighted by molar-refractivity contribution is 5.81. The van der Waals surface area contributed by atoms with Crippen LogP contribution in [-0.2, 0) is 6.42 Å². The van der Waals surface area contributed by atoms with Gasteiger partial charge < -0.3 is 4.42 Å². The summed E-state index contributed by atoms with van der Waals surface area (Å²) in [4.78, 5) is 16.8. The van der Waals surface area contributed by atoms with Gasteiger partial charge in [-0.2, -0.15) is 9.67 Å². The van der Waals surface area contributed by atoms with Crippen molar-refractivity contribution in [3.63, 3.8) is 0 Å². The second-order valence-electron chi connectivity index (χ2n) is 4.94. The Kier molecular flexibility index (Phi) is 2.75. The van der Waals surface area contributed by atoms with Gasteiger partial charge in [-0.3, -0.25) is 0 Å². The van der Waals surface area contributed by atoms with E-state index in [-0.39, 0.29) is 6.01 Å². The second kappa shape index (κ2) is 4.77. The Balaban J connectivity index is 2.03. The van der Waals surface area contributed by atoms with Crippen LogP contribution in [0.15, 0.2) is 51.7 Å². The van der Waals surface area contributed by atoms with Crippen LogP contribution in [0.4, 0.5) is 0 Å². The van der Waals surface area contributed by atoms with E-state index in [1.165, 1.54) is 4.68 Å². The van der Waals surface area contributed by atoms with Crippen LogP contribution < -0.4 is 5.63 Å². The lowest BCUT2D eigenvalue weighted by Gasteiger charge is -2.04. The maximum absolute atomic E-state index is 12.3. The Morgan fingerprint density at radius 3 is 2.77 bits per heavy atom. The van der Waals surface area contributed by atoms with Crippen molar-refractivity contribution < 1.29 is 4.42 Å². The summed E-state index contributed by atoms with van der Waals surface area (Å²) in [6, 6.07) is 13.2. The Morgan fingerprint density at radius 1 is 1.09 bits per heavy atom. The van der Waals surface area contributed by atoms with E-state index in [2.05, 4.69) is 15.3 Å². The molecule has 0 bridgehead atoms. The lowest BCUT2D eigenvalue weighted by atomic mass is 10.1. The molecule has 4 rings (SSSR count). The van der Waals surface area contributed by atoms with Crippen molar-refractivity contribution in [1.29, 1.82) is 0 Å². The summed E-state index contributed by atoms with van der Waals surface area (Å²) >= 11 is 0. The van der Waals surface area contributed by atoms with Crippen molar-refractivity contribution >= 4 is 21.9 Å². The zero-order valence-electron chi connectivity index (χ0n) is 11.9. The molecule has 0 aliphatic heterocycles. The van der Waals surface area contributed by atoms with Crippen molar-refractivity contribution in [2.75, 3.05) is 0 Å². The van der Waals surface area contributed by atoms with Gasteiger partial charge in [0.1, 0.15) is 5.52 Å². The maximum atomic E-state index is 12.3. The van der Waals surface area contributed by atoms with E-state index in [9.17, 15) is 4.79 Å². The largest absolute Gasteiger partial charge is 0.387 e. The second-order valence-corrected chi connectivity index (χ2v) is 4.94. The third kappa shape index (κ3) is 1.81. The number of para-hydroxylation sites is 1. The molecule has 0 unspecified atom stereocenters. The summed E-state index contributed by atoms with van der Waals surface area (Å²) in [5, 5.41) is 8.60. The highest BCUT2D eigenvalue weighted by Gasteiger charge is 2.14. The van der Waals surface area contributed by atoms with Gasteiger partial charge in [0.2, 0.25) is 0 Å². The molecule has 108 valence electrons. The lowest BCUT2D eigenvalue weighted by Crippen LogP contribution is -2.10. The van der Waals surface area contributed by atoms with E-state index in [1.54, 1.807) is 6.07 Å². The quantitative estimate of drug-likeness (QED) is 0.567. The minimum absolute atomic E-state index is 0.124. The molecule has 2 heterocycles. The van der Waals surface area contributed by atoms with Crippen LogP contribution in [0.25, 0.3) is 28.0 Å². The first kappa shape index (κ1) is 12.7. The zero-order valence-corrected chi connectivity index (χ0v) is 11.9. The molecule has 0 atom stereocenters. The lowest BCUT2D eigenvalue weighted by molar-refractivity contribution is 0.462. The predicted octanol–water partition coefficient (Wildman–Crippen LogP) is 2.48. The molecule has 0 aliphatic carbocycles. The van der Waals surface area contributed by atoms with E-state index in [1.807, 2.05) is 43.3 Å². The van der Waals surface area contributed by atoms with Crippen molar-refractivity contribution in [2.24, 2.45) is 0 Å². The van der Waals surface area contributed by atoms with Crippen LogP contribution in [0.2, 0.25) is 0 Å². The van der Waals surface area contributed by atoms with Crippen molar-refractivity contribution in [3.05, 3.63) is 58.4 Å². The Bertz CT molecular complexity index is 1050. The molecule has 0 N–H and O–H groups in total. The molecule has 6 nitrogen and oxygen atoms in total. The topological polar surface area (TPSA) is 73.8 Å². The van der Waals surface area contributed by atoms with Gasteiger partial charge in [-0.05, 0) is 30.2 Å². The van der Waals surface area contributed by atoms with E-state index in [0.29, 0.717) is 16.4 Å². The van der Waals surface area contributed by atoms with Crippen molar-refractivity contribution in [2.45, 2.75) is 13.3 Å². The molecule has 0 fully saturated rings. The average Bonchev–Trinajstić information content (AvgIpc) is 2.98. The monoisotopic (exact) mass is 292 g/mol. The fraction of sp³-hybridized carbons (Fsp3) is 0.125. The minimum atomic E-state index is -0.406. The van der Waals surface area contributed by atoms with Crippen LogP contribution >= 0.6 is 0 Å². The number of hydrogen-bond donors (Lipinski definition) is 0. The van der Waals surface area contributed by atoms with Crippen LogP contribution in [0.3, 0.4) is 0 Å². The predicted molar refractivity (Wildman–Crippen MR) is 82.1 cm³/mol. The highest BCUT2D eigenvalue weighted by Crippen LogP contribution is 2.18. The summed E-state index contributed by atoms with van der Waals surface area (Å²) < 4.78 is 6.82. The van der Waals surface area contributed by atoms with Gasteiger partial charge in [-0.25, -0.2) is 4.79 Å². The van der Waals surface area contributed by atoms with Crippen molar-refractivity contribution in [1.82, 2.24) is 20.0 Å². The first-order chi connectivity index (χ1) is 10.8. The van der Waals surface area contributed by atoms with Crippen molar-refractivity contribution in [3.8, 4) is 6.01 Å². The summed E-state index contributed by atoms with van der Waals surface area (Å²) in [6.45, 7) is 1.99. The van der Waals surface area contributed by atoms with Gasteiger partial charge in [0.05, 0.1) is 16.4 Å². The normalized spacial score (nSPS) is 11.3. The smallest absolute Gasteiger partial charge is 0.348 e.